The molecule has 2 N–H and O–H groups in total. The van der Waals surface area contributed by atoms with Crippen LogP contribution in [0.2, 0.25) is 5.02 Å². The summed E-state index contributed by atoms with van der Waals surface area (Å²) in [5, 5.41) is 10.4. The Bertz CT molecular complexity index is 474. The topological polar surface area (TPSA) is 66.5 Å². The number of nitrogens with one attached hydrogen (secondary N) is 2. The van der Waals surface area contributed by atoms with Crippen molar-refractivity contribution < 1.29 is 0 Å². The zero-order chi connectivity index (χ0) is 12.1. The lowest BCUT2D eigenvalue weighted by molar-refractivity contribution is 0.803. The lowest BCUT2D eigenvalue weighted by Gasteiger charge is -2.06. The highest BCUT2D eigenvalue weighted by Gasteiger charge is 2.02. The fourth-order valence-electron chi connectivity index (χ4n) is 1.36. The average molecular weight is 317 g/mol. The van der Waals surface area contributed by atoms with E-state index in [2.05, 4.69) is 41.4 Å². The van der Waals surface area contributed by atoms with Crippen LogP contribution in [-0.4, -0.2) is 26.7 Å². The first kappa shape index (κ1) is 12.3. The second kappa shape index (κ2) is 5.97. The molecule has 0 saturated carbocycles. The molecule has 7 heteroatoms. The molecule has 0 aliphatic rings. The average Bonchev–Trinajstić information content (AvgIpc) is 2.79. The summed E-state index contributed by atoms with van der Waals surface area (Å²) in [4.78, 5) is 8.23. The van der Waals surface area contributed by atoms with E-state index in [4.69, 9.17) is 11.6 Å². The Hall–Kier alpha value is -1.14. The van der Waals surface area contributed by atoms with Crippen molar-refractivity contribution in [1.82, 2.24) is 20.2 Å². The minimum atomic E-state index is 0.610. The van der Waals surface area contributed by atoms with Crippen LogP contribution >= 0.6 is 27.5 Å². The van der Waals surface area contributed by atoms with E-state index in [9.17, 15) is 0 Å². The molecule has 5 nitrogen and oxygen atoms in total. The lowest BCUT2D eigenvalue weighted by Crippen LogP contribution is -2.05. The van der Waals surface area contributed by atoms with E-state index in [1.165, 1.54) is 6.33 Å². The molecule has 2 rings (SSSR count). The Kier molecular flexibility index (Phi) is 4.33. The van der Waals surface area contributed by atoms with Gasteiger partial charge in [-0.15, -0.1) is 0 Å². The first-order valence-electron chi connectivity index (χ1n) is 5.15. The second-order valence-corrected chi connectivity index (χ2v) is 4.77. The minimum Gasteiger partial charge on any atom is -0.369 e. The molecular weight excluding hydrogens is 306 g/mol. The quantitative estimate of drug-likeness (QED) is 0.832. The molecule has 0 aromatic carbocycles. The van der Waals surface area contributed by atoms with Crippen LogP contribution in [0.15, 0.2) is 23.1 Å². The van der Waals surface area contributed by atoms with Gasteiger partial charge >= 0.3 is 0 Å². The van der Waals surface area contributed by atoms with Gasteiger partial charge in [0.15, 0.2) is 0 Å². The van der Waals surface area contributed by atoms with Crippen molar-refractivity contribution in [1.29, 1.82) is 0 Å². The van der Waals surface area contributed by atoms with Crippen molar-refractivity contribution in [2.45, 2.75) is 12.8 Å². The van der Waals surface area contributed by atoms with E-state index in [1.807, 2.05) is 6.07 Å². The zero-order valence-electron chi connectivity index (χ0n) is 8.95. The summed E-state index contributed by atoms with van der Waals surface area (Å²) in [5.41, 5.74) is 0. The highest BCUT2D eigenvalue weighted by molar-refractivity contribution is 9.10. The number of pyridine rings is 1. The smallest absolute Gasteiger partial charge is 0.144 e. The van der Waals surface area contributed by atoms with Crippen molar-refractivity contribution in [3.63, 3.8) is 0 Å². The van der Waals surface area contributed by atoms with Crippen LogP contribution in [0.1, 0.15) is 12.2 Å². The number of H-pyrrole nitrogens is 1. The fraction of sp³-hybridized carbons (Fsp3) is 0.300. The predicted molar refractivity (Wildman–Crippen MR) is 70.1 cm³/mol. The van der Waals surface area contributed by atoms with Gasteiger partial charge in [-0.2, -0.15) is 5.10 Å². The number of aromatic amines is 1. The van der Waals surface area contributed by atoms with Crippen LogP contribution in [0, 0.1) is 0 Å². The molecule has 0 amide bonds. The highest BCUT2D eigenvalue weighted by Crippen LogP contribution is 2.22. The van der Waals surface area contributed by atoms with Gasteiger partial charge in [-0.3, -0.25) is 5.10 Å². The van der Waals surface area contributed by atoms with Crippen LogP contribution in [0.4, 0.5) is 5.82 Å². The van der Waals surface area contributed by atoms with Crippen LogP contribution in [0.3, 0.4) is 0 Å². The number of rotatable bonds is 5. The normalized spacial score (nSPS) is 10.5. The van der Waals surface area contributed by atoms with E-state index in [0.717, 1.165) is 29.7 Å². The van der Waals surface area contributed by atoms with Gasteiger partial charge in [0.05, 0.1) is 5.02 Å². The maximum Gasteiger partial charge on any atom is 0.144 e. The molecule has 0 fully saturated rings. The van der Waals surface area contributed by atoms with Gasteiger partial charge in [-0.05, 0) is 28.4 Å². The first-order chi connectivity index (χ1) is 8.25. The summed E-state index contributed by atoms with van der Waals surface area (Å²) in [6.07, 6.45) is 5.00. The summed E-state index contributed by atoms with van der Waals surface area (Å²) in [7, 11) is 0. The van der Waals surface area contributed by atoms with Gasteiger partial charge in [0.1, 0.15) is 18.0 Å². The molecule has 0 unspecified atom stereocenters. The van der Waals surface area contributed by atoms with Gasteiger partial charge in [0.25, 0.3) is 0 Å². The summed E-state index contributed by atoms with van der Waals surface area (Å²) >= 11 is 9.33. The molecule has 0 aliphatic carbocycles. The lowest BCUT2D eigenvalue weighted by atomic mass is 10.3. The van der Waals surface area contributed by atoms with Gasteiger partial charge in [0, 0.05) is 23.6 Å². The van der Waals surface area contributed by atoms with E-state index in [-0.39, 0.29) is 0 Å². The maximum absolute atomic E-state index is 6.02. The predicted octanol–water partition coefficient (Wildman–Crippen LogP) is 2.66. The number of hydrogen-bond donors (Lipinski definition) is 2. The van der Waals surface area contributed by atoms with Gasteiger partial charge in [-0.25, -0.2) is 9.97 Å². The van der Waals surface area contributed by atoms with Crippen molar-refractivity contribution in [3.05, 3.63) is 33.9 Å². The monoisotopic (exact) mass is 315 g/mol. The number of aryl methyl sites for hydroxylation is 1. The van der Waals surface area contributed by atoms with Crippen LogP contribution in [-0.2, 0) is 6.42 Å². The second-order valence-electron chi connectivity index (χ2n) is 3.45. The summed E-state index contributed by atoms with van der Waals surface area (Å²) < 4.78 is 0.870. The molecule has 90 valence electrons. The molecule has 0 bridgehead atoms. The van der Waals surface area contributed by atoms with Crippen molar-refractivity contribution in [3.8, 4) is 0 Å². The third-order valence-corrected chi connectivity index (χ3v) is 2.88. The van der Waals surface area contributed by atoms with E-state index in [0.29, 0.717) is 10.8 Å². The van der Waals surface area contributed by atoms with Crippen LogP contribution < -0.4 is 5.32 Å². The summed E-state index contributed by atoms with van der Waals surface area (Å²) in [6, 6.07) is 1.81. The minimum absolute atomic E-state index is 0.610. The summed E-state index contributed by atoms with van der Waals surface area (Å²) in [5.74, 6) is 1.59. The number of nitrogens with zero attached hydrogens (tertiary/aromatic N) is 3. The third-order valence-electron chi connectivity index (χ3n) is 2.16. The van der Waals surface area contributed by atoms with Crippen LogP contribution in [0.25, 0.3) is 0 Å². The van der Waals surface area contributed by atoms with Crippen molar-refractivity contribution in [2.24, 2.45) is 0 Å². The van der Waals surface area contributed by atoms with E-state index >= 15 is 0 Å². The number of anilines is 1. The number of hydrogen-bond acceptors (Lipinski definition) is 4. The largest absolute Gasteiger partial charge is 0.369 e. The Morgan fingerprint density at radius 3 is 3.00 bits per heavy atom. The number of halogens is 2. The molecule has 0 aliphatic heterocycles. The van der Waals surface area contributed by atoms with Crippen molar-refractivity contribution >= 4 is 33.3 Å². The van der Waals surface area contributed by atoms with Crippen molar-refractivity contribution in [2.75, 3.05) is 11.9 Å². The highest BCUT2D eigenvalue weighted by atomic mass is 79.9. The van der Waals surface area contributed by atoms with E-state index < -0.39 is 0 Å². The molecule has 0 radical (unpaired) electrons. The first-order valence-corrected chi connectivity index (χ1v) is 6.32. The molecular formula is C10H11BrClN5. The maximum atomic E-state index is 6.02. The Morgan fingerprint density at radius 2 is 2.29 bits per heavy atom. The van der Waals surface area contributed by atoms with Gasteiger partial charge < -0.3 is 5.32 Å². The fourth-order valence-corrected chi connectivity index (χ4v) is 2.05. The molecule has 2 aromatic heterocycles. The van der Waals surface area contributed by atoms with Gasteiger partial charge in [-0.1, -0.05) is 11.6 Å². The van der Waals surface area contributed by atoms with E-state index in [1.54, 1.807) is 6.20 Å². The molecule has 17 heavy (non-hydrogen) atoms. The molecule has 0 saturated heterocycles. The Labute approximate surface area is 112 Å². The molecule has 2 heterocycles. The SMILES string of the molecule is Clc1cc(Br)cnc1NCCCc1ncn[nH]1. The zero-order valence-corrected chi connectivity index (χ0v) is 11.3. The summed E-state index contributed by atoms with van der Waals surface area (Å²) in [6.45, 7) is 0.787. The number of aromatic nitrogens is 4. The molecule has 2 aromatic rings. The Balaban J connectivity index is 1.78. The molecule has 0 atom stereocenters. The van der Waals surface area contributed by atoms with Crippen LogP contribution in [0.5, 0.6) is 0 Å². The van der Waals surface area contributed by atoms with Gasteiger partial charge in [0.2, 0.25) is 0 Å². The third kappa shape index (κ3) is 3.67. The Morgan fingerprint density at radius 1 is 1.41 bits per heavy atom. The standard InChI is InChI=1S/C10H11BrClN5/c11-7-4-8(12)10(14-5-7)13-3-1-2-9-15-6-16-17-9/h4-6H,1-3H2,(H,13,14)(H,15,16,17). The molecule has 0 spiro atoms.